The number of carbonyl (C=O) groups is 1. The summed E-state index contributed by atoms with van der Waals surface area (Å²) in [4.78, 5) is 31.1. The summed E-state index contributed by atoms with van der Waals surface area (Å²) in [7, 11) is 0. The molecule has 5 rings (SSSR count). The molecular formula is C22H19FN6O. The number of carbonyl (C=O) groups excluding carboxylic acids is 1. The Labute approximate surface area is 172 Å². The van der Waals surface area contributed by atoms with E-state index in [1.54, 1.807) is 11.0 Å². The lowest BCUT2D eigenvalue weighted by molar-refractivity contribution is 0.0729. The van der Waals surface area contributed by atoms with Gasteiger partial charge in [0.25, 0.3) is 5.91 Å². The molecule has 0 bridgehead atoms. The third kappa shape index (κ3) is 3.47. The van der Waals surface area contributed by atoms with Crippen LogP contribution in [0.15, 0.2) is 60.9 Å². The maximum atomic E-state index is 13.5. The molecule has 1 aliphatic heterocycles. The summed E-state index contributed by atoms with van der Waals surface area (Å²) < 4.78 is 13.5. The highest BCUT2D eigenvalue weighted by molar-refractivity contribution is 5.94. The van der Waals surface area contributed by atoms with Gasteiger partial charge in [-0.3, -0.25) is 4.79 Å². The van der Waals surface area contributed by atoms with Gasteiger partial charge >= 0.3 is 0 Å². The SMILES string of the molecule is O=C(c1cnc(Nc2ccccc2)nc1)N1CCC[C@@H]1c1nc2ccc(F)cc2[nH]1. The van der Waals surface area contributed by atoms with Gasteiger partial charge in [-0.15, -0.1) is 0 Å². The largest absolute Gasteiger partial charge is 0.340 e. The second-order valence-corrected chi connectivity index (χ2v) is 7.23. The predicted octanol–water partition coefficient (Wildman–Crippen LogP) is 4.21. The fraction of sp³-hybridized carbons (Fsp3) is 0.182. The Morgan fingerprint density at radius 1 is 1.13 bits per heavy atom. The third-order valence-electron chi connectivity index (χ3n) is 5.22. The molecular weight excluding hydrogens is 383 g/mol. The van der Waals surface area contributed by atoms with Gasteiger partial charge in [0.15, 0.2) is 0 Å². The van der Waals surface area contributed by atoms with E-state index in [1.165, 1.54) is 24.5 Å². The summed E-state index contributed by atoms with van der Waals surface area (Å²) in [6.07, 6.45) is 4.73. The molecule has 1 saturated heterocycles. The molecule has 0 spiro atoms. The number of halogens is 1. The average molecular weight is 402 g/mol. The van der Waals surface area contributed by atoms with Gasteiger partial charge in [0.05, 0.1) is 22.6 Å². The minimum atomic E-state index is -0.321. The number of imidazole rings is 1. The monoisotopic (exact) mass is 402 g/mol. The molecule has 1 amide bonds. The summed E-state index contributed by atoms with van der Waals surface area (Å²) in [5, 5.41) is 3.10. The Balaban J connectivity index is 1.35. The molecule has 3 heterocycles. The van der Waals surface area contributed by atoms with Crippen LogP contribution >= 0.6 is 0 Å². The molecule has 0 aliphatic carbocycles. The summed E-state index contributed by atoms with van der Waals surface area (Å²) in [6, 6.07) is 13.8. The zero-order chi connectivity index (χ0) is 20.5. The average Bonchev–Trinajstić information content (AvgIpc) is 3.41. The third-order valence-corrected chi connectivity index (χ3v) is 5.22. The molecule has 1 fully saturated rings. The van der Waals surface area contributed by atoms with Gasteiger partial charge in [-0.2, -0.15) is 0 Å². The first kappa shape index (κ1) is 18.2. The van der Waals surface area contributed by atoms with Crippen molar-refractivity contribution in [1.82, 2.24) is 24.8 Å². The lowest BCUT2D eigenvalue weighted by Crippen LogP contribution is -2.31. The maximum Gasteiger partial charge on any atom is 0.257 e. The van der Waals surface area contributed by atoms with E-state index in [9.17, 15) is 9.18 Å². The van der Waals surface area contributed by atoms with Crippen LogP contribution in [0.25, 0.3) is 11.0 Å². The van der Waals surface area contributed by atoms with E-state index < -0.39 is 0 Å². The Hall–Kier alpha value is -3.81. The highest BCUT2D eigenvalue weighted by atomic mass is 19.1. The van der Waals surface area contributed by atoms with Crippen molar-refractivity contribution in [2.75, 3.05) is 11.9 Å². The smallest absolute Gasteiger partial charge is 0.257 e. The van der Waals surface area contributed by atoms with Gasteiger partial charge in [0, 0.05) is 24.6 Å². The number of aromatic amines is 1. The van der Waals surface area contributed by atoms with E-state index in [-0.39, 0.29) is 17.8 Å². The lowest BCUT2D eigenvalue weighted by atomic mass is 10.2. The van der Waals surface area contributed by atoms with Crippen molar-refractivity contribution in [3.63, 3.8) is 0 Å². The van der Waals surface area contributed by atoms with Gasteiger partial charge in [0.1, 0.15) is 11.6 Å². The summed E-state index contributed by atoms with van der Waals surface area (Å²) >= 11 is 0. The molecule has 4 aromatic rings. The fourth-order valence-electron chi connectivity index (χ4n) is 3.77. The van der Waals surface area contributed by atoms with E-state index in [0.29, 0.717) is 34.9 Å². The Bertz CT molecular complexity index is 1190. The number of benzene rings is 2. The van der Waals surface area contributed by atoms with Crippen LogP contribution in [0.5, 0.6) is 0 Å². The normalized spacial score (nSPS) is 16.2. The molecule has 1 atom stereocenters. The van der Waals surface area contributed by atoms with Crippen molar-refractivity contribution < 1.29 is 9.18 Å². The summed E-state index contributed by atoms with van der Waals surface area (Å²) in [5.41, 5.74) is 2.61. The van der Waals surface area contributed by atoms with Crippen LogP contribution in [0.4, 0.5) is 16.0 Å². The van der Waals surface area contributed by atoms with Crippen LogP contribution in [0.3, 0.4) is 0 Å². The highest BCUT2D eigenvalue weighted by Gasteiger charge is 2.33. The molecule has 2 N–H and O–H groups in total. The number of anilines is 2. The van der Waals surface area contributed by atoms with Gasteiger partial charge in [0.2, 0.25) is 5.95 Å². The number of fused-ring (bicyclic) bond motifs is 1. The Morgan fingerprint density at radius 2 is 1.93 bits per heavy atom. The Kier molecular flexibility index (Phi) is 4.59. The van der Waals surface area contributed by atoms with Crippen molar-refractivity contribution in [2.24, 2.45) is 0 Å². The molecule has 0 unspecified atom stereocenters. The first-order valence-electron chi connectivity index (χ1n) is 9.77. The standard InChI is InChI=1S/C22H19FN6O/c23-15-8-9-17-18(11-15)28-20(27-17)19-7-4-10-29(19)21(30)14-12-24-22(25-13-14)26-16-5-2-1-3-6-16/h1-3,5-6,8-9,11-13,19H,4,7,10H2,(H,27,28)(H,24,25,26)/t19-/m1/s1. The van der Waals surface area contributed by atoms with E-state index in [1.807, 2.05) is 30.3 Å². The number of nitrogens with zero attached hydrogens (tertiary/aromatic N) is 4. The number of nitrogens with one attached hydrogen (secondary N) is 2. The van der Waals surface area contributed by atoms with Crippen LogP contribution in [-0.4, -0.2) is 37.3 Å². The van der Waals surface area contributed by atoms with Gasteiger partial charge in [-0.25, -0.2) is 19.3 Å². The van der Waals surface area contributed by atoms with Crippen molar-refractivity contribution in [3.8, 4) is 0 Å². The highest BCUT2D eigenvalue weighted by Crippen LogP contribution is 2.32. The molecule has 0 radical (unpaired) electrons. The van der Waals surface area contributed by atoms with Crippen molar-refractivity contribution in [3.05, 3.63) is 78.1 Å². The van der Waals surface area contributed by atoms with Gasteiger partial charge < -0.3 is 15.2 Å². The predicted molar refractivity (Wildman–Crippen MR) is 111 cm³/mol. The first-order chi connectivity index (χ1) is 14.7. The van der Waals surface area contributed by atoms with Gasteiger partial charge in [-0.1, -0.05) is 18.2 Å². The van der Waals surface area contributed by atoms with E-state index in [2.05, 4.69) is 25.3 Å². The van der Waals surface area contributed by atoms with Crippen LogP contribution in [-0.2, 0) is 0 Å². The number of likely N-dealkylation sites (tertiary alicyclic amines) is 1. The van der Waals surface area contributed by atoms with Crippen molar-refractivity contribution in [2.45, 2.75) is 18.9 Å². The molecule has 150 valence electrons. The number of hydrogen-bond donors (Lipinski definition) is 2. The van der Waals surface area contributed by atoms with Crippen LogP contribution < -0.4 is 5.32 Å². The number of hydrogen-bond acceptors (Lipinski definition) is 5. The molecule has 8 heteroatoms. The second kappa shape index (κ2) is 7.55. The van der Waals surface area contributed by atoms with E-state index >= 15 is 0 Å². The number of H-pyrrole nitrogens is 1. The first-order valence-corrected chi connectivity index (χ1v) is 9.77. The summed E-state index contributed by atoms with van der Waals surface area (Å²) in [5.74, 6) is 0.633. The minimum absolute atomic E-state index is 0.143. The van der Waals surface area contributed by atoms with Gasteiger partial charge in [-0.05, 0) is 43.2 Å². The van der Waals surface area contributed by atoms with Crippen LogP contribution in [0, 0.1) is 5.82 Å². The number of rotatable bonds is 4. The van der Waals surface area contributed by atoms with Crippen molar-refractivity contribution >= 4 is 28.6 Å². The molecule has 1 aliphatic rings. The molecule has 2 aromatic carbocycles. The molecule has 7 nitrogen and oxygen atoms in total. The lowest BCUT2D eigenvalue weighted by Gasteiger charge is -2.23. The van der Waals surface area contributed by atoms with E-state index in [4.69, 9.17) is 0 Å². The molecule has 0 saturated carbocycles. The molecule has 2 aromatic heterocycles. The van der Waals surface area contributed by atoms with E-state index in [0.717, 1.165) is 18.5 Å². The Morgan fingerprint density at radius 3 is 2.73 bits per heavy atom. The topological polar surface area (TPSA) is 86.8 Å². The fourth-order valence-corrected chi connectivity index (χ4v) is 3.77. The number of amides is 1. The second-order valence-electron chi connectivity index (χ2n) is 7.23. The minimum Gasteiger partial charge on any atom is -0.340 e. The quantitative estimate of drug-likeness (QED) is 0.534. The summed E-state index contributed by atoms with van der Waals surface area (Å²) in [6.45, 7) is 0.624. The van der Waals surface area contributed by atoms with Crippen LogP contribution in [0.2, 0.25) is 0 Å². The number of aromatic nitrogens is 4. The zero-order valence-electron chi connectivity index (χ0n) is 16.0. The van der Waals surface area contributed by atoms with Crippen molar-refractivity contribution in [1.29, 1.82) is 0 Å². The molecule has 30 heavy (non-hydrogen) atoms. The maximum absolute atomic E-state index is 13.5. The number of para-hydroxylation sites is 1. The van der Waals surface area contributed by atoms with Crippen LogP contribution in [0.1, 0.15) is 35.1 Å². The zero-order valence-corrected chi connectivity index (χ0v) is 16.0.